The summed E-state index contributed by atoms with van der Waals surface area (Å²) in [5, 5.41) is 12.4. The molecule has 0 aromatic heterocycles. The summed E-state index contributed by atoms with van der Waals surface area (Å²) in [7, 11) is 1.61. The van der Waals surface area contributed by atoms with Crippen molar-refractivity contribution in [3.63, 3.8) is 0 Å². The van der Waals surface area contributed by atoms with Crippen LogP contribution in [0.15, 0.2) is 24.3 Å². The van der Waals surface area contributed by atoms with Crippen LogP contribution in [-0.4, -0.2) is 18.2 Å². The summed E-state index contributed by atoms with van der Waals surface area (Å²) >= 11 is 0. The summed E-state index contributed by atoms with van der Waals surface area (Å²) in [5.74, 6) is -0.328. The maximum atomic E-state index is 13.1. The first-order chi connectivity index (χ1) is 8.30. The van der Waals surface area contributed by atoms with Crippen molar-refractivity contribution < 1.29 is 9.13 Å². The first-order valence-electron chi connectivity index (χ1n) is 5.80. The molecule has 0 bridgehead atoms. The molecule has 1 unspecified atom stereocenters. The van der Waals surface area contributed by atoms with Gasteiger partial charge >= 0.3 is 0 Å². The molecule has 18 heavy (non-hydrogen) atoms. The van der Waals surface area contributed by atoms with E-state index in [0.717, 1.165) is 0 Å². The van der Waals surface area contributed by atoms with E-state index in [2.05, 4.69) is 11.4 Å². The highest BCUT2D eigenvalue weighted by Gasteiger charge is 2.32. The fraction of sp³-hybridized carbons (Fsp3) is 0.500. The first kappa shape index (κ1) is 14.5. The minimum Gasteiger partial charge on any atom is -0.379 e. The molecule has 0 amide bonds. The number of nitriles is 1. The molecule has 0 radical (unpaired) electrons. The zero-order chi connectivity index (χ0) is 13.8. The molecule has 0 saturated carbocycles. The van der Waals surface area contributed by atoms with E-state index in [-0.39, 0.29) is 5.82 Å². The van der Waals surface area contributed by atoms with E-state index >= 15 is 0 Å². The van der Waals surface area contributed by atoms with Gasteiger partial charge in [-0.15, -0.1) is 0 Å². The number of halogens is 1. The Morgan fingerprint density at radius 2 is 2.06 bits per heavy atom. The van der Waals surface area contributed by atoms with Crippen molar-refractivity contribution in [1.82, 2.24) is 0 Å². The summed E-state index contributed by atoms with van der Waals surface area (Å²) in [6.07, 6.45) is 0.490. The van der Waals surface area contributed by atoms with Gasteiger partial charge in [0, 0.05) is 19.2 Å². The topological polar surface area (TPSA) is 45.0 Å². The Hall–Kier alpha value is -1.60. The zero-order valence-corrected chi connectivity index (χ0v) is 11.2. The van der Waals surface area contributed by atoms with Crippen molar-refractivity contribution in [2.75, 3.05) is 12.4 Å². The predicted octanol–water partition coefficient (Wildman–Crippen LogP) is 3.33. The summed E-state index contributed by atoms with van der Waals surface area (Å²) in [6, 6.07) is 8.31. The van der Waals surface area contributed by atoms with Crippen LogP contribution in [-0.2, 0) is 4.74 Å². The van der Waals surface area contributed by atoms with Crippen LogP contribution in [0.2, 0.25) is 0 Å². The van der Waals surface area contributed by atoms with Crippen LogP contribution in [0, 0.1) is 17.1 Å². The van der Waals surface area contributed by atoms with Crippen LogP contribution in [0.25, 0.3) is 0 Å². The van der Waals surface area contributed by atoms with E-state index in [0.29, 0.717) is 12.1 Å². The van der Waals surface area contributed by atoms with Crippen molar-refractivity contribution in [2.24, 2.45) is 0 Å². The number of benzene rings is 1. The Bertz CT molecular complexity index is 453. The molecule has 0 aliphatic rings. The summed E-state index contributed by atoms with van der Waals surface area (Å²) in [4.78, 5) is 0. The minimum absolute atomic E-state index is 0.328. The lowest BCUT2D eigenvalue weighted by Gasteiger charge is -2.33. The number of hydrogen-bond donors (Lipinski definition) is 1. The molecule has 0 heterocycles. The Balaban J connectivity index is 2.87. The van der Waals surface area contributed by atoms with Gasteiger partial charge in [0.2, 0.25) is 0 Å². The third kappa shape index (κ3) is 4.01. The lowest BCUT2D eigenvalue weighted by Crippen LogP contribution is -2.41. The van der Waals surface area contributed by atoms with Gasteiger partial charge in [0.15, 0.2) is 0 Å². The van der Waals surface area contributed by atoms with Crippen LogP contribution in [0.3, 0.4) is 0 Å². The van der Waals surface area contributed by atoms with Crippen LogP contribution in [0.4, 0.5) is 10.1 Å². The first-order valence-corrected chi connectivity index (χ1v) is 5.80. The molecule has 0 aliphatic heterocycles. The Morgan fingerprint density at radius 1 is 1.39 bits per heavy atom. The average molecular weight is 250 g/mol. The van der Waals surface area contributed by atoms with Gasteiger partial charge in [-0.05, 0) is 39.0 Å². The monoisotopic (exact) mass is 250 g/mol. The van der Waals surface area contributed by atoms with Crippen molar-refractivity contribution in [3.8, 4) is 6.07 Å². The molecule has 0 aliphatic carbocycles. The summed E-state index contributed by atoms with van der Waals surface area (Å²) in [6.45, 7) is 5.60. The lowest BCUT2D eigenvalue weighted by molar-refractivity contribution is 0.00725. The molecular formula is C14H19FN2O. The van der Waals surface area contributed by atoms with Gasteiger partial charge in [0.25, 0.3) is 0 Å². The highest BCUT2D eigenvalue weighted by molar-refractivity contribution is 5.47. The van der Waals surface area contributed by atoms with Gasteiger partial charge in [0.1, 0.15) is 11.4 Å². The standard InChI is InChI=1S/C14H19FN2O/c1-13(2,18-4)9-14(3,10-16)17-12-7-5-6-11(15)8-12/h5-8,17H,9H2,1-4H3. The van der Waals surface area contributed by atoms with Gasteiger partial charge < -0.3 is 10.1 Å². The van der Waals surface area contributed by atoms with Crippen LogP contribution >= 0.6 is 0 Å². The Kier molecular flexibility index (Phi) is 4.31. The SMILES string of the molecule is COC(C)(C)CC(C)(C#N)Nc1cccc(F)c1. The second kappa shape index (κ2) is 5.36. The maximum absolute atomic E-state index is 13.1. The van der Waals surface area contributed by atoms with Crippen LogP contribution in [0.5, 0.6) is 0 Å². The molecule has 1 rings (SSSR count). The normalized spacial score (nSPS) is 14.7. The molecule has 98 valence electrons. The second-order valence-electron chi connectivity index (χ2n) is 5.22. The molecule has 1 atom stereocenters. The van der Waals surface area contributed by atoms with Gasteiger partial charge in [-0.25, -0.2) is 4.39 Å². The van der Waals surface area contributed by atoms with E-state index in [1.54, 1.807) is 26.2 Å². The quantitative estimate of drug-likeness (QED) is 0.871. The van der Waals surface area contributed by atoms with E-state index < -0.39 is 11.1 Å². The fourth-order valence-corrected chi connectivity index (χ4v) is 1.92. The van der Waals surface area contributed by atoms with Crippen molar-refractivity contribution >= 4 is 5.69 Å². The Morgan fingerprint density at radius 3 is 2.56 bits per heavy atom. The molecule has 0 spiro atoms. The summed E-state index contributed by atoms with van der Waals surface area (Å²) in [5.41, 5.74) is -0.649. The number of hydrogen-bond acceptors (Lipinski definition) is 3. The zero-order valence-electron chi connectivity index (χ0n) is 11.2. The van der Waals surface area contributed by atoms with Crippen molar-refractivity contribution in [2.45, 2.75) is 38.3 Å². The molecule has 0 saturated heterocycles. The van der Waals surface area contributed by atoms with E-state index in [1.807, 2.05) is 13.8 Å². The maximum Gasteiger partial charge on any atom is 0.125 e. The predicted molar refractivity (Wildman–Crippen MR) is 69.7 cm³/mol. The highest BCUT2D eigenvalue weighted by Crippen LogP contribution is 2.26. The number of nitrogens with one attached hydrogen (secondary N) is 1. The molecular weight excluding hydrogens is 231 g/mol. The van der Waals surface area contributed by atoms with Gasteiger partial charge in [0.05, 0.1) is 11.7 Å². The smallest absolute Gasteiger partial charge is 0.125 e. The second-order valence-corrected chi connectivity index (χ2v) is 5.22. The third-order valence-electron chi connectivity index (χ3n) is 2.82. The highest BCUT2D eigenvalue weighted by atomic mass is 19.1. The van der Waals surface area contributed by atoms with Gasteiger partial charge in [-0.2, -0.15) is 5.26 Å². The van der Waals surface area contributed by atoms with Gasteiger partial charge in [-0.3, -0.25) is 0 Å². The third-order valence-corrected chi connectivity index (χ3v) is 2.82. The summed E-state index contributed by atoms with van der Waals surface area (Å²) < 4.78 is 18.4. The van der Waals surface area contributed by atoms with Gasteiger partial charge in [-0.1, -0.05) is 6.07 Å². The molecule has 1 aromatic carbocycles. The minimum atomic E-state index is -0.812. The number of nitrogens with zero attached hydrogens (tertiary/aromatic N) is 1. The van der Waals surface area contributed by atoms with E-state index in [9.17, 15) is 9.65 Å². The number of methoxy groups -OCH3 is 1. The fourth-order valence-electron chi connectivity index (χ4n) is 1.92. The van der Waals surface area contributed by atoms with Crippen LogP contribution in [0.1, 0.15) is 27.2 Å². The molecule has 0 fully saturated rings. The van der Waals surface area contributed by atoms with Crippen LogP contribution < -0.4 is 5.32 Å². The molecule has 3 nitrogen and oxygen atoms in total. The number of ether oxygens (including phenoxy) is 1. The van der Waals surface area contributed by atoms with E-state index in [1.165, 1.54) is 12.1 Å². The lowest BCUT2D eigenvalue weighted by atomic mass is 9.88. The van der Waals surface area contributed by atoms with Crippen molar-refractivity contribution in [3.05, 3.63) is 30.1 Å². The molecule has 4 heteroatoms. The molecule has 1 N–H and O–H groups in total. The average Bonchev–Trinajstić information content (AvgIpc) is 2.28. The Labute approximate surface area is 108 Å². The number of anilines is 1. The largest absolute Gasteiger partial charge is 0.379 e. The van der Waals surface area contributed by atoms with Crippen molar-refractivity contribution in [1.29, 1.82) is 5.26 Å². The molecule has 1 aromatic rings. The number of rotatable bonds is 5. The van der Waals surface area contributed by atoms with E-state index in [4.69, 9.17) is 4.74 Å².